The molecule has 1 aromatic rings. The van der Waals surface area contributed by atoms with Gasteiger partial charge in [-0.3, -0.25) is 0 Å². The second-order valence-electron chi connectivity index (χ2n) is 2.97. The fraction of sp³-hybridized carbons (Fsp3) is 0.455. The van der Waals surface area contributed by atoms with Crippen molar-refractivity contribution in [2.75, 3.05) is 19.4 Å². The van der Waals surface area contributed by atoms with Crippen molar-refractivity contribution in [3.05, 3.63) is 30.3 Å². The standard InChI is InChI=1S/C11H17OP.BrH/c1-13-10-6-5-9-12-11-7-3-2-4-8-11;/h2-4,7-8,13H,5-6,9-10H2,1H3;1H. The van der Waals surface area contributed by atoms with Crippen molar-refractivity contribution in [2.24, 2.45) is 0 Å². The molecule has 0 saturated carbocycles. The van der Waals surface area contributed by atoms with Gasteiger partial charge in [-0.15, -0.1) is 25.6 Å². The second-order valence-corrected chi connectivity index (χ2v) is 4.18. The van der Waals surface area contributed by atoms with Gasteiger partial charge in [0.25, 0.3) is 0 Å². The zero-order valence-corrected chi connectivity index (χ0v) is 11.2. The molecular weight excluding hydrogens is 259 g/mol. The number of unbranched alkanes of at least 4 members (excludes halogenated alkanes) is 1. The van der Waals surface area contributed by atoms with Gasteiger partial charge in [-0.05, 0) is 37.8 Å². The Balaban J connectivity index is 0.00000169. The van der Waals surface area contributed by atoms with Crippen LogP contribution in [0.1, 0.15) is 12.8 Å². The maximum atomic E-state index is 5.56. The van der Waals surface area contributed by atoms with E-state index in [1.54, 1.807) is 0 Å². The lowest BCUT2D eigenvalue weighted by Gasteiger charge is -2.04. The summed E-state index contributed by atoms with van der Waals surface area (Å²) in [6.07, 6.45) is 3.82. The molecule has 0 aliphatic rings. The van der Waals surface area contributed by atoms with Gasteiger partial charge in [-0.25, -0.2) is 0 Å². The Morgan fingerprint density at radius 1 is 1.14 bits per heavy atom. The third-order valence-corrected chi connectivity index (χ3v) is 2.69. The Labute approximate surface area is 98.8 Å². The topological polar surface area (TPSA) is 9.23 Å². The van der Waals surface area contributed by atoms with Crippen LogP contribution < -0.4 is 4.74 Å². The van der Waals surface area contributed by atoms with E-state index in [0.29, 0.717) is 0 Å². The number of halogens is 1. The lowest BCUT2D eigenvalue weighted by molar-refractivity contribution is 0.310. The Morgan fingerprint density at radius 2 is 1.86 bits per heavy atom. The van der Waals surface area contributed by atoms with Crippen LogP contribution in [0.25, 0.3) is 0 Å². The van der Waals surface area contributed by atoms with Crippen LogP contribution in [0.2, 0.25) is 0 Å². The van der Waals surface area contributed by atoms with E-state index >= 15 is 0 Å². The molecule has 0 fully saturated rings. The van der Waals surface area contributed by atoms with Gasteiger partial charge < -0.3 is 4.74 Å². The quantitative estimate of drug-likeness (QED) is 0.568. The molecule has 1 rings (SSSR count). The van der Waals surface area contributed by atoms with Crippen molar-refractivity contribution in [3.63, 3.8) is 0 Å². The Hall–Kier alpha value is -0.0700. The third-order valence-electron chi connectivity index (χ3n) is 1.83. The summed E-state index contributed by atoms with van der Waals surface area (Å²) in [6, 6.07) is 10.0. The van der Waals surface area contributed by atoms with Crippen LogP contribution >= 0.6 is 25.6 Å². The van der Waals surface area contributed by atoms with Crippen molar-refractivity contribution >= 4 is 25.6 Å². The van der Waals surface area contributed by atoms with Gasteiger partial charge >= 0.3 is 0 Å². The zero-order chi connectivity index (χ0) is 9.36. The van der Waals surface area contributed by atoms with Crippen LogP contribution in [0, 0.1) is 0 Å². The van der Waals surface area contributed by atoms with Gasteiger partial charge in [-0.2, -0.15) is 0 Å². The first-order valence-electron chi connectivity index (χ1n) is 4.76. The van der Waals surface area contributed by atoms with Gasteiger partial charge in [0.2, 0.25) is 0 Å². The maximum absolute atomic E-state index is 5.56. The van der Waals surface area contributed by atoms with Crippen molar-refractivity contribution < 1.29 is 4.74 Å². The summed E-state index contributed by atoms with van der Waals surface area (Å²) in [5.41, 5.74) is 0. The number of rotatable bonds is 6. The average Bonchev–Trinajstić information content (AvgIpc) is 2.19. The van der Waals surface area contributed by atoms with Crippen LogP contribution in [0.4, 0.5) is 0 Å². The minimum Gasteiger partial charge on any atom is -0.494 e. The summed E-state index contributed by atoms with van der Waals surface area (Å²) in [5.74, 6) is 0.987. The van der Waals surface area contributed by atoms with Gasteiger partial charge in [0.1, 0.15) is 5.75 Å². The van der Waals surface area contributed by atoms with Crippen molar-refractivity contribution in [2.45, 2.75) is 12.8 Å². The largest absolute Gasteiger partial charge is 0.494 e. The van der Waals surface area contributed by atoms with Crippen LogP contribution in [0.5, 0.6) is 5.75 Å². The summed E-state index contributed by atoms with van der Waals surface area (Å²) in [7, 11) is 1.08. The first-order chi connectivity index (χ1) is 6.43. The summed E-state index contributed by atoms with van der Waals surface area (Å²) >= 11 is 0. The number of hydrogen-bond donors (Lipinski definition) is 0. The summed E-state index contributed by atoms with van der Waals surface area (Å²) in [6.45, 7) is 3.10. The molecule has 0 aliphatic heterocycles. The molecule has 14 heavy (non-hydrogen) atoms. The van der Waals surface area contributed by atoms with E-state index in [9.17, 15) is 0 Å². The number of benzene rings is 1. The Kier molecular flexibility index (Phi) is 9.44. The molecule has 0 radical (unpaired) electrons. The maximum Gasteiger partial charge on any atom is 0.119 e. The smallest absolute Gasteiger partial charge is 0.119 e. The van der Waals surface area contributed by atoms with Crippen LogP contribution in [0.3, 0.4) is 0 Å². The molecule has 80 valence electrons. The Bertz CT molecular complexity index is 216. The van der Waals surface area contributed by atoms with Crippen LogP contribution in [0.15, 0.2) is 30.3 Å². The fourth-order valence-electron chi connectivity index (χ4n) is 1.11. The van der Waals surface area contributed by atoms with E-state index < -0.39 is 0 Å². The van der Waals surface area contributed by atoms with Crippen molar-refractivity contribution in [1.29, 1.82) is 0 Å². The minimum atomic E-state index is 0. The highest BCUT2D eigenvalue weighted by atomic mass is 79.9. The molecule has 0 aliphatic carbocycles. The van der Waals surface area contributed by atoms with E-state index in [4.69, 9.17) is 4.74 Å². The molecule has 0 bridgehead atoms. The zero-order valence-electron chi connectivity index (χ0n) is 8.53. The summed E-state index contributed by atoms with van der Waals surface area (Å²) in [5, 5.41) is 0. The SMILES string of the molecule is Br.CPCCCCOc1ccccc1. The number of hydrogen-bond acceptors (Lipinski definition) is 1. The van der Waals surface area contributed by atoms with E-state index in [0.717, 1.165) is 20.9 Å². The predicted octanol–water partition coefficient (Wildman–Crippen LogP) is 3.73. The highest BCUT2D eigenvalue weighted by Crippen LogP contribution is 2.10. The van der Waals surface area contributed by atoms with Gasteiger partial charge in [0.05, 0.1) is 6.61 Å². The monoisotopic (exact) mass is 276 g/mol. The number of para-hydroxylation sites is 1. The molecule has 0 amide bonds. The first kappa shape index (κ1) is 13.9. The number of ether oxygens (including phenoxy) is 1. The van der Waals surface area contributed by atoms with Gasteiger partial charge in [0, 0.05) is 0 Å². The predicted molar refractivity (Wildman–Crippen MR) is 70.6 cm³/mol. The van der Waals surface area contributed by atoms with Crippen molar-refractivity contribution in [1.82, 2.24) is 0 Å². The van der Waals surface area contributed by atoms with E-state index in [1.807, 2.05) is 30.3 Å². The summed E-state index contributed by atoms with van der Waals surface area (Å²) in [4.78, 5) is 0. The molecule has 1 atom stereocenters. The molecule has 1 nitrogen and oxygen atoms in total. The molecule has 0 saturated heterocycles. The summed E-state index contributed by atoms with van der Waals surface area (Å²) < 4.78 is 5.56. The molecule has 0 aromatic heterocycles. The first-order valence-corrected chi connectivity index (χ1v) is 6.46. The molecule has 0 N–H and O–H groups in total. The molecule has 1 unspecified atom stereocenters. The van der Waals surface area contributed by atoms with E-state index in [1.165, 1.54) is 19.0 Å². The van der Waals surface area contributed by atoms with Crippen LogP contribution in [-0.4, -0.2) is 19.4 Å². The van der Waals surface area contributed by atoms with Crippen LogP contribution in [-0.2, 0) is 0 Å². The van der Waals surface area contributed by atoms with E-state index in [-0.39, 0.29) is 17.0 Å². The third kappa shape index (κ3) is 6.39. The lowest BCUT2D eigenvalue weighted by atomic mass is 10.3. The molecule has 0 spiro atoms. The highest BCUT2D eigenvalue weighted by Gasteiger charge is 1.90. The molecular formula is C11H18BrOP. The minimum absolute atomic E-state index is 0. The van der Waals surface area contributed by atoms with E-state index in [2.05, 4.69) is 6.66 Å². The lowest BCUT2D eigenvalue weighted by Crippen LogP contribution is -1.97. The molecule has 1 aromatic carbocycles. The normalized spacial score (nSPS) is 10.1. The molecule has 0 heterocycles. The van der Waals surface area contributed by atoms with Gasteiger partial charge in [0.15, 0.2) is 0 Å². The fourth-order valence-corrected chi connectivity index (χ4v) is 1.71. The highest BCUT2D eigenvalue weighted by molar-refractivity contribution is 8.93. The Morgan fingerprint density at radius 3 is 2.50 bits per heavy atom. The second kappa shape index (κ2) is 9.48. The van der Waals surface area contributed by atoms with Crippen molar-refractivity contribution in [3.8, 4) is 5.75 Å². The van der Waals surface area contributed by atoms with Gasteiger partial charge in [-0.1, -0.05) is 18.2 Å². The average molecular weight is 277 g/mol. The molecule has 3 heteroatoms.